The van der Waals surface area contributed by atoms with Crippen molar-refractivity contribution in [3.05, 3.63) is 101 Å². The van der Waals surface area contributed by atoms with Crippen LogP contribution < -0.4 is 9.46 Å². The summed E-state index contributed by atoms with van der Waals surface area (Å²) in [5.74, 6) is 0.0354. The quantitative estimate of drug-likeness (QED) is 0.241. The number of carbonyl (C=O) groups is 1. The summed E-state index contributed by atoms with van der Waals surface area (Å²) in [6, 6.07) is 26.4. The molecule has 8 nitrogen and oxygen atoms in total. The Morgan fingerprint density at radius 3 is 2.44 bits per heavy atom. The van der Waals surface area contributed by atoms with Gasteiger partial charge in [-0.1, -0.05) is 67.6 Å². The molecule has 2 N–H and O–H groups in total. The molecule has 0 saturated carbocycles. The van der Waals surface area contributed by atoms with Crippen LogP contribution >= 0.6 is 11.3 Å². The predicted octanol–water partition coefficient (Wildman–Crippen LogP) is 5.57. The molecule has 3 aromatic carbocycles. The van der Waals surface area contributed by atoms with E-state index in [0.29, 0.717) is 25.4 Å². The van der Waals surface area contributed by atoms with E-state index in [1.165, 1.54) is 28.8 Å². The highest BCUT2D eigenvalue weighted by Crippen LogP contribution is 2.32. The number of amides is 1. The third-order valence-corrected chi connectivity index (χ3v) is 10.5. The predicted molar refractivity (Wildman–Crippen MR) is 171 cm³/mol. The van der Waals surface area contributed by atoms with E-state index in [2.05, 4.69) is 46.0 Å². The Hall–Kier alpha value is -3.70. The number of ether oxygens (including phenoxy) is 1. The molecule has 0 radical (unpaired) electrons. The van der Waals surface area contributed by atoms with Crippen LogP contribution in [0.1, 0.15) is 29.8 Å². The van der Waals surface area contributed by atoms with E-state index >= 15 is 0 Å². The van der Waals surface area contributed by atoms with E-state index in [0.717, 1.165) is 11.3 Å². The molecule has 0 unspecified atom stereocenters. The summed E-state index contributed by atoms with van der Waals surface area (Å²) in [6.45, 7) is 5.36. The number of hydrogen-bond acceptors (Lipinski definition) is 7. The van der Waals surface area contributed by atoms with Gasteiger partial charge in [0.2, 0.25) is 0 Å². The van der Waals surface area contributed by atoms with E-state index in [-0.39, 0.29) is 40.0 Å². The summed E-state index contributed by atoms with van der Waals surface area (Å²) in [5, 5.41) is 11.7. The molecular formula is C33H37N3O5S2. The molecule has 4 aromatic rings. The summed E-state index contributed by atoms with van der Waals surface area (Å²) >= 11 is 1.12. The van der Waals surface area contributed by atoms with Crippen molar-refractivity contribution in [2.24, 2.45) is 5.92 Å². The number of nitrogens with one attached hydrogen (secondary N) is 1. The number of benzene rings is 3. The minimum Gasteiger partial charge on any atom is -0.488 e. The van der Waals surface area contributed by atoms with Gasteiger partial charge in [-0.3, -0.25) is 14.4 Å². The maximum absolute atomic E-state index is 13.7. The second-order valence-corrected chi connectivity index (χ2v) is 14.0. The number of likely N-dealkylation sites (N-methyl/N-ethyl adjacent to an activating group) is 1. The Balaban J connectivity index is 1.36. The first kappa shape index (κ1) is 30.7. The lowest BCUT2D eigenvalue weighted by molar-refractivity contribution is 0.0341. The van der Waals surface area contributed by atoms with Gasteiger partial charge in [-0.15, -0.1) is 11.3 Å². The normalized spacial score (nSPS) is 18.0. The minimum atomic E-state index is -3.79. The van der Waals surface area contributed by atoms with Crippen molar-refractivity contribution in [3.8, 4) is 16.9 Å². The number of sulfonamides is 1. The standard InChI is InChI=1S/C33H37N3O5S2/c1-23-19-36(24(2)22-37)33(38)29-18-28(34-43(39,40)32-10-7-17-42-32)15-16-30(29)41-31(23)21-35(3)20-25-11-13-27(14-12-25)26-8-5-4-6-9-26/h4-18,23-24,31,34,37H,19-22H2,1-3H3/t23-,24-,31-/m0/s1. The maximum atomic E-state index is 13.7. The molecule has 0 saturated heterocycles. The van der Waals surface area contributed by atoms with Crippen molar-refractivity contribution in [1.82, 2.24) is 9.80 Å². The Morgan fingerprint density at radius 1 is 1.05 bits per heavy atom. The molecule has 3 atom stereocenters. The number of thiophene rings is 1. The summed E-state index contributed by atoms with van der Waals surface area (Å²) in [5.41, 5.74) is 4.04. The molecule has 5 rings (SSSR count). The Morgan fingerprint density at radius 2 is 1.77 bits per heavy atom. The van der Waals surface area contributed by atoms with Crippen LogP contribution in [-0.2, 0) is 16.6 Å². The zero-order valence-electron chi connectivity index (χ0n) is 24.5. The van der Waals surface area contributed by atoms with E-state index in [4.69, 9.17) is 4.74 Å². The van der Waals surface area contributed by atoms with Gasteiger partial charge < -0.3 is 14.7 Å². The van der Waals surface area contributed by atoms with Gasteiger partial charge in [-0.05, 0) is 60.3 Å². The number of fused-ring (bicyclic) bond motifs is 1. The highest BCUT2D eigenvalue weighted by atomic mass is 32.2. The van der Waals surface area contributed by atoms with Gasteiger partial charge in [0.25, 0.3) is 15.9 Å². The van der Waals surface area contributed by atoms with Gasteiger partial charge >= 0.3 is 0 Å². The summed E-state index contributed by atoms with van der Waals surface area (Å²) in [4.78, 5) is 17.6. The molecule has 226 valence electrons. The van der Waals surface area contributed by atoms with Crippen LogP contribution in [0.25, 0.3) is 11.1 Å². The van der Waals surface area contributed by atoms with Crippen LogP contribution in [0, 0.1) is 5.92 Å². The lowest BCUT2D eigenvalue weighted by atomic mass is 9.99. The van der Waals surface area contributed by atoms with Gasteiger partial charge in [0.1, 0.15) is 16.1 Å². The topological polar surface area (TPSA) is 99.2 Å². The van der Waals surface area contributed by atoms with Gasteiger partial charge in [-0.25, -0.2) is 8.42 Å². The third kappa shape index (κ3) is 7.27. The molecule has 0 bridgehead atoms. The van der Waals surface area contributed by atoms with Crippen molar-refractivity contribution in [1.29, 1.82) is 0 Å². The Bertz CT molecular complexity index is 1630. The van der Waals surface area contributed by atoms with E-state index in [9.17, 15) is 18.3 Å². The average molecular weight is 620 g/mol. The minimum absolute atomic E-state index is 0.0361. The van der Waals surface area contributed by atoms with Crippen LogP contribution in [0.2, 0.25) is 0 Å². The van der Waals surface area contributed by atoms with Gasteiger partial charge in [0.05, 0.1) is 18.2 Å². The third-order valence-electron chi connectivity index (χ3n) is 7.68. The zero-order chi connectivity index (χ0) is 30.6. The second-order valence-electron chi connectivity index (χ2n) is 11.1. The van der Waals surface area contributed by atoms with Crippen molar-refractivity contribution in [2.75, 3.05) is 31.5 Å². The first-order chi connectivity index (χ1) is 20.6. The second kappa shape index (κ2) is 13.3. The Labute approximate surface area is 257 Å². The lowest BCUT2D eigenvalue weighted by Gasteiger charge is -2.38. The van der Waals surface area contributed by atoms with Crippen molar-refractivity contribution >= 4 is 33.0 Å². The number of nitrogens with zero attached hydrogens (tertiary/aromatic N) is 2. The number of anilines is 1. The molecule has 2 heterocycles. The number of aliphatic hydroxyl groups excluding tert-OH is 1. The molecule has 0 fully saturated rings. The largest absolute Gasteiger partial charge is 0.488 e. The van der Waals surface area contributed by atoms with Crippen LogP contribution in [0.5, 0.6) is 5.75 Å². The molecule has 1 aliphatic heterocycles. The van der Waals surface area contributed by atoms with E-state index < -0.39 is 16.1 Å². The van der Waals surface area contributed by atoms with Crippen LogP contribution in [0.4, 0.5) is 5.69 Å². The van der Waals surface area contributed by atoms with Crippen molar-refractivity contribution in [2.45, 2.75) is 36.7 Å². The van der Waals surface area contributed by atoms with Crippen LogP contribution in [0.15, 0.2) is 94.5 Å². The summed E-state index contributed by atoms with van der Waals surface area (Å²) in [7, 11) is -1.75. The Kier molecular flexibility index (Phi) is 9.51. The fraction of sp³-hybridized carbons (Fsp3) is 0.303. The highest BCUT2D eigenvalue weighted by molar-refractivity contribution is 7.94. The van der Waals surface area contributed by atoms with Crippen molar-refractivity contribution in [3.63, 3.8) is 0 Å². The molecular weight excluding hydrogens is 583 g/mol. The number of hydrogen-bond donors (Lipinski definition) is 2. The number of carbonyl (C=O) groups excluding carboxylic acids is 1. The lowest BCUT2D eigenvalue weighted by Crippen LogP contribution is -2.49. The molecule has 43 heavy (non-hydrogen) atoms. The average Bonchev–Trinajstić information content (AvgIpc) is 3.56. The molecule has 0 spiro atoms. The molecule has 0 aliphatic carbocycles. The molecule has 10 heteroatoms. The number of rotatable bonds is 10. The fourth-order valence-corrected chi connectivity index (χ4v) is 7.28. The first-order valence-corrected chi connectivity index (χ1v) is 16.6. The summed E-state index contributed by atoms with van der Waals surface area (Å²) < 4.78 is 35.0. The smallest absolute Gasteiger partial charge is 0.271 e. The maximum Gasteiger partial charge on any atom is 0.271 e. The zero-order valence-corrected chi connectivity index (χ0v) is 26.1. The highest BCUT2D eigenvalue weighted by Gasteiger charge is 2.33. The van der Waals surface area contributed by atoms with Crippen molar-refractivity contribution < 1.29 is 23.1 Å². The van der Waals surface area contributed by atoms with Gasteiger partial charge in [0.15, 0.2) is 0 Å². The van der Waals surface area contributed by atoms with E-state index in [1.807, 2.05) is 32.2 Å². The number of aliphatic hydroxyl groups is 1. The molecule has 1 aromatic heterocycles. The van der Waals surface area contributed by atoms with Gasteiger partial charge in [0, 0.05) is 31.2 Å². The van der Waals surface area contributed by atoms with Crippen LogP contribution in [0.3, 0.4) is 0 Å². The molecule has 1 amide bonds. The monoisotopic (exact) mass is 619 g/mol. The first-order valence-electron chi connectivity index (χ1n) is 14.3. The van der Waals surface area contributed by atoms with Gasteiger partial charge in [-0.2, -0.15) is 0 Å². The fourth-order valence-electron chi connectivity index (χ4n) is 5.24. The summed E-state index contributed by atoms with van der Waals surface area (Å²) in [6.07, 6.45) is -0.262. The van der Waals surface area contributed by atoms with E-state index in [1.54, 1.807) is 35.4 Å². The van der Waals surface area contributed by atoms with Crippen LogP contribution in [-0.4, -0.2) is 68.1 Å². The SMILES string of the molecule is C[C@H]1CN([C@@H](C)CO)C(=O)c2cc(NS(=O)(=O)c3cccs3)ccc2O[C@H]1CN(C)Cc1ccc(-c2ccccc2)cc1. The molecule has 1 aliphatic rings.